The molecule has 0 radical (unpaired) electrons. The Kier molecular flexibility index (Phi) is 3.92. The summed E-state index contributed by atoms with van der Waals surface area (Å²) in [6, 6.07) is 4.82. The van der Waals surface area contributed by atoms with E-state index in [0.717, 1.165) is 29.0 Å². The number of aromatic carboxylic acids is 1. The molecule has 3 rings (SSSR count). The van der Waals surface area contributed by atoms with E-state index >= 15 is 0 Å². The number of halogens is 3. The predicted octanol–water partition coefficient (Wildman–Crippen LogP) is 3.75. The molecule has 0 unspecified atom stereocenters. The number of aromatic nitrogens is 1. The zero-order valence-corrected chi connectivity index (χ0v) is 12.6. The lowest BCUT2D eigenvalue weighted by Crippen LogP contribution is -2.19. The Hall–Kier alpha value is -3.35. The van der Waals surface area contributed by atoms with Crippen LogP contribution in [-0.2, 0) is 0 Å². The largest absolute Gasteiger partial charge is 0.477 e. The molecule has 0 fully saturated rings. The Morgan fingerprint density at radius 1 is 1.12 bits per heavy atom. The van der Waals surface area contributed by atoms with Gasteiger partial charge in [-0.05, 0) is 24.3 Å². The summed E-state index contributed by atoms with van der Waals surface area (Å²) in [5, 5.41) is 8.96. The third-order valence-corrected chi connectivity index (χ3v) is 3.74. The van der Waals surface area contributed by atoms with Crippen molar-refractivity contribution in [2.75, 3.05) is 0 Å². The zero-order valence-electron chi connectivity index (χ0n) is 12.6. The molecular formula is C18H10F3NO3. The van der Waals surface area contributed by atoms with Crippen LogP contribution in [0.4, 0.5) is 13.2 Å². The highest BCUT2D eigenvalue weighted by Crippen LogP contribution is 2.24. The number of nitrogens with zero attached hydrogens (tertiary/aromatic N) is 1. The van der Waals surface area contributed by atoms with Crippen LogP contribution in [0, 0.1) is 17.5 Å². The summed E-state index contributed by atoms with van der Waals surface area (Å²) >= 11 is 0. The molecule has 1 heterocycles. The van der Waals surface area contributed by atoms with E-state index < -0.39 is 34.4 Å². The second-order valence-corrected chi connectivity index (χ2v) is 5.24. The first-order valence-corrected chi connectivity index (χ1v) is 7.03. The molecular weight excluding hydrogens is 335 g/mol. The number of carbonyl (C=O) groups is 1. The van der Waals surface area contributed by atoms with Gasteiger partial charge in [0.25, 0.3) is 0 Å². The average molecular weight is 345 g/mol. The van der Waals surface area contributed by atoms with Gasteiger partial charge >= 0.3 is 5.97 Å². The van der Waals surface area contributed by atoms with Gasteiger partial charge < -0.3 is 9.67 Å². The van der Waals surface area contributed by atoms with Crippen molar-refractivity contribution in [1.29, 1.82) is 0 Å². The van der Waals surface area contributed by atoms with E-state index in [4.69, 9.17) is 0 Å². The monoisotopic (exact) mass is 345 g/mol. The fraction of sp³-hybridized carbons (Fsp3) is 0. The molecule has 1 aromatic heterocycles. The lowest BCUT2D eigenvalue weighted by atomic mass is 10.1. The summed E-state index contributed by atoms with van der Waals surface area (Å²) in [4.78, 5) is 23.6. The number of hydrogen-bond donors (Lipinski definition) is 1. The first-order valence-electron chi connectivity index (χ1n) is 7.03. The third kappa shape index (κ3) is 2.69. The van der Waals surface area contributed by atoms with Gasteiger partial charge in [-0.3, -0.25) is 4.79 Å². The van der Waals surface area contributed by atoms with Crippen molar-refractivity contribution in [2.45, 2.75) is 0 Å². The van der Waals surface area contributed by atoms with Crippen molar-refractivity contribution < 1.29 is 23.1 Å². The van der Waals surface area contributed by atoms with Crippen LogP contribution in [0.5, 0.6) is 0 Å². The normalized spacial score (nSPS) is 10.8. The average Bonchev–Trinajstić information content (AvgIpc) is 2.55. The van der Waals surface area contributed by atoms with Gasteiger partial charge in [-0.1, -0.05) is 12.7 Å². The lowest BCUT2D eigenvalue weighted by molar-refractivity contribution is 0.0695. The third-order valence-electron chi connectivity index (χ3n) is 3.74. The van der Waals surface area contributed by atoms with Crippen molar-refractivity contribution in [3.63, 3.8) is 0 Å². The van der Waals surface area contributed by atoms with Gasteiger partial charge in [0, 0.05) is 23.2 Å². The molecule has 0 bridgehead atoms. The molecule has 4 nitrogen and oxygen atoms in total. The summed E-state index contributed by atoms with van der Waals surface area (Å²) in [5.74, 6) is -4.10. The smallest absolute Gasteiger partial charge is 0.341 e. The second kappa shape index (κ2) is 5.94. The lowest BCUT2D eigenvalue weighted by Gasteiger charge is -2.14. The molecule has 0 aliphatic heterocycles. The molecule has 0 saturated carbocycles. The Balaban J connectivity index is 2.52. The first kappa shape index (κ1) is 16.5. The highest BCUT2D eigenvalue weighted by Gasteiger charge is 2.18. The molecule has 0 atom stereocenters. The van der Waals surface area contributed by atoms with Crippen molar-refractivity contribution in [1.82, 2.24) is 4.57 Å². The van der Waals surface area contributed by atoms with Crippen LogP contribution in [0.3, 0.4) is 0 Å². The fourth-order valence-electron chi connectivity index (χ4n) is 2.55. The van der Waals surface area contributed by atoms with E-state index in [2.05, 4.69) is 6.58 Å². The van der Waals surface area contributed by atoms with Crippen molar-refractivity contribution in [3.05, 3.63) is 81.9 Å². The van der Waals surface area contributed by atoms with Crippen LogP contribution < -0.4 is 5.43 Å². The SMILES string of the molecule is C=Cc1cc2c(cc1F)c(=O)c(C(=O)O)cn2-c1ccc(F)cc1F. The van der Waals surface area contributed by atoms with Gasteiger partial charge in [0.05, 0.1) is 11.2 Å². The molecule has 3 aromatic rings. The maximum Gasteiger partial charge on any atom is 0.341 e. The number of pyridine rings is 1. The Morgan fingerprint density at radius 3 is 2.44 bits per heavy atom. The van der Waals surface area contributed by atoms with E-state index in [-0.39, 0.29) is 22.2 Å². The van der Waals surface area contributed by atoms with Gasteiger partial charge in [0.15, 0.2) is 0 Å². The molecule has 1 N–H and O–H groups in total. The molecule has 0 saturated heterocycles. The molecule has 0 spiro atoms. The minimum atomic E-state index is -1.55. The molecule has 0 amide bonds. The van der Waals surface area contributed by atoms with E-state index in [0.29, 0.717) is 6.07 Å². The number of carboxylic acids is 1. The first-order chi connectivity index (χ1) is 11.8. The minimum absolute atomic E-state index is 0.0474. The zero-order chi connectivity index (χ0) is 18.3. The Labute approximate surface area is 139 Å². The molecule has 2 aromatic carbocycles. The minimum Gasteiger partial charge on any atom is -0.477 e. The van der Waals surface area contributed by atoms with Crippen molar-refractivity contribution in [2.24, 2.45) is 0 Å². The van der Waals surface area contributed by atoms with Gasteiger partial charge in [-0.25, -0.2) is 18.0 Å². The summed E-state index contributed by atoms with van der Waals surface area (Å²) in [6.07, 6.45) is 2.13. The summed E-state index contributed by atoms with van der Waals surface area (Å²) in [6.45, 7) is 3.45. The summed E-state index contributed by atoms with van der Waals surface area (Å²) < 4.78 is 42.4. The second-order valence-electron chi connectivity index (χ2n) is 5.24. The number of fused-ring (bicyclic) bond motifs is 1. The van der Waals surface area contributed by atoms with Crippen LogP contribution >= 0.6 is 0 Å². The number of hydrogen-bond acceptors (Lipinski definition) is 2. The molecule has 126 valence electrons. The van der Waals surface area contributed by atoms with E-state index in [9.17, 15) is 27.9 Å². The molecule has 25 heavy (non-hydrogen) atoms. The van der Waals surface area contributed by atoms with Crippen LogP contribution in [0.25, 0.3) is 22.7 Å². The predicted molar refractivity (Wildman–Crippen MR) is 86.5 cm³/mol. The van der Waals surface area contributed by atoms with E-state index in [1.165, 1.54) is 12.1 Å². The van der Waals surface area contributed by atoms with E-state index in [1.54, 1.807) is 0 Å². The van der Waals surface area contributed by atoms with Crippen LogP contribution in [0.15, 0.2) is 47.9 Å². The summed E-state index contributed by atoms with van der Waals surface area (Å²) in [7, 11) is 0. The summed E-state index contributed by atoms with van der Waals surface area (Å²) in [5.41, 5.74) is -1.64. The van der Waals surface area contributed by atoms with Crippen LogP contribution in [0.1, 0.15) is 15.9 Å². The quantitative estimate of drug-likeness (QED) is 0.786. The number of rotatable bonds is 3. The standard InChI is InChI=1S/C18H10F3NO3/c1-2-9-5-16-11(7-13(9)20)17(23)12(18(24)25)8-22(16)15-4-3-10(19)6-14(15)21/h2-8H,1H2,(H,24,25). The number of benzene rings is 2. The van der Waals surface area contributed by atoms with Crippen LogP contribution in [-0.4, -0.2) is 15.6 Å². The van der Waals surface area contributed by atoms with Gasteiger partial charge in [-0.15, -0.1) is 0 Å². The highest BCUT2D eigenvalue weighted by atomic mass is 19.1. The maximum atomic E-state index is 14.2. The van der Waals surface area contributed by atoms with Crippen molar-refractivity contribution >= 4 is 22.9 Å². The van der Waals surface area contributed by atoms with Crippen molar-refractivity contribution in [3.8, 4) is 5.69 Å². The van der Waals surface area contributed by atoms with Gasteiger partial charge in [0.2, 0.25) is 5.43 Å². The maximum absolute atomic E-state index is 14.2. The van der Waals surface area contributed by atoms with Gasteiger partial charge in [-0.2, -0.15) is 0 Å². The highest BCUT2D eigenvalue weighted by molar-refractivity contribution is 5.93. The molecule has 0 aliphatic carbocycles. The topological polar surface area (TPSA) is 59.3 Å². The van der Waals surface area contributed by atoms with Gasteiger partial charge in [0.1, 0.15) is 23.0 Å². The van der Waals surface area contributed by atoms with Crippen LogP contribution in [0.2, 0.25) is 0 Å². The molecule has 7 heteroatoms. The van der Waals surface area contributed by atoms with E-state index in [1.807, 2.05) is 0 Å². The number of carboxylic acid groups (broad SMARTS) is 1. The Morgan fingerprint density at radius 2 is 1.84 bits per heavy atom. The fourth-order valence-corrected chi connectivity index (χ4v) is 2.55. The molecule has 0 aliphatic rings. The Bertz CT molecular complexity index is 1100.